The number of imide groups is 1. The van der Waals surface area contributed by atoms with E-state index in [9.17, 15) is 23.2 Å². The summed E-state index contributed by atoms with van der Waals surface area (Å²) < 4.78 is 27.4. The molecule has 43 heavy (non-hydrogen) atoms. The first-order valence-corrected chi connectivity index (χ1v) is 14.1. The minimum absolute atomic E-state index is 0.147. The highest BCUT2D eigenvalue weighted by Gasteiger charge is 2.55. The first-order valence-electron chi connectivity index (χ1n) is 14.1. The fourth-order valence-corrected chi connectivity index (χ4v) is 6.36. The summed E-state index contributed by atoms with van der Waals surface area (Å²) in [6, 6.07) is 18.2. The number of benzene rings is 3. The van der Waals surface area contributed by atoms with Crippen molar-refractivity contribution in [1.29, 1.82) is 0 Å². The van der Waals surface area contributed by atoms with Gasteiger partial charge in [-0.25, -0.2) is 18.7 Å². The molecule has 0 radical (unpaired) electrons. The maximum Gasteiger partial charge on any atom is 0.264 e. The van der Waals surface area contributed by atoms with Crippen LogP contribution in [0.15, 0.2) is 99.9 Å². The predicted molar refractivity (Wildman–Crippen MR) is 153 cm³/mol. The number of carbonyl (C=O) groups excluding carboxylic acids is 3. The van der Waals surface area contributed by atoms with E-state index < -0.39 is 41.7 Å². The van der Waals surface area contributed by atoms with Crippen molar-refractivity contribution in [3.05, 3.63) is 107 Å². The molecule has 1 saturated heterocycles. The third kappa shape index (κ3) is 4.70. The lowest BCUT2D eigenvalue weighted by Crippen LogP contribution is -2.45. The number of allylic oxidation sites excluding steroid dienone is 1. The number of amides is 3. The molecule has 4 atom stereocenters. The quantitative estimate of drug-likeness (QED) is 0.393. The lowest BCUT2D eigenvalue weighted by molar-refractivity contribution is -0.136. The smallest absolute Gasteiger partial charge is 0.264 e. The van der Waals surface area contributed by atoms with Gasteiger partial charge in [-0.3, -0.25) is 19.4 Å². The fraction of sp³-hybridized carbons (Fsp3) is 0.250. The topological polar surface area (TPSA) is 98.0 Å². The molecule has 0 bridgehead atoms. The van der Waals surface area contributed by atoms with Crippen molar-refractivity contribution in [2.75, 3.05) is 11.4 Å². The molecule has 1 saturated carbocycles. The maximum absolute atomic E-state index is 14.0. The van der Waals surface area contributed by atoms with Gasteiger partial charge in [0, 0.05) is 5.92 Å². The zero-order chi connectivity index (χ0) is 29.7. The van der Waals surface area contributed by atoms with Gasteiger partial charge in [0.1, 0.15) is 18.2 Å². The summed E-state index contributed by atoms with van der Waals surface area (Å²) in [7, 11) is 0. The molecule has 3 amide bonds. The van der Waals surface area contributed by atoms with Crippen molar-refractivity contribution in [2.45, 2.75) is 37.4 Å². The van der Waals surface area contributed by atoms with E-state index in [0.29, 0.717) is 5.69 Å². The Bertz CT molecular complexity index is 1690. The molecule has 3 aromatic carbocycles. The highest BCUT2D eigenvalue weighted by atomic mass is 19.1. The van der Waals surface area contributed by atoms with Gasteiger partial charge >= 0.3 is 0 Å². The molecule has 216 valence electrons. The van der Waals surface area contributed by atoms with E-state index in [-0.39, 0.29) is 18.3 Å². The Morgan fingerprint density at radius 3 is 2.30 bits per heavy atom. The van der Waals surface area contributed by atoms with Crippen LogP contribution in [0.5, 0.6) is 0 Å². The van der Waals surface area contributed by atoms with Gasteiger partial charge in [-0.1, -0.05) is 47.7 Å². The standard InChI is InChI=1S/C32H26F2N6O3/c33-22-13-9-19(10-14-22)17-21-5-4-8-25-27(21)36-40(29(25)20-11-15-23(34)16-12-20)26(41)18-38-30-28(35-37-38)31(42)39(32(30)43)24-6-2-1-3-7-24/h1-3,6-7,9-17,25,28-30H,4-5,8,18H2/b21-17+/t25-,28+,29-,30+/m0/s1. The molecule has 1 aliphatic carbocycles. The second-order valence-electron chi connectivity index (χ2n) is 11.0. The van der Waals surface area contributed by atoms with Crippen LogP contribution in [0.1, 0.15) is 36.4 Å². The number of halogens is 2. The Labute approximate surface area is 245 Å². The molecular formula is C32H26F2N6O3. The van der Waals surface area contributed by atoms with Gasteiger partial charge in [-0.2, -0.15) is 10.2 Å². The van der Waals surface area contributed by atoms with E-state index in [1.807, 2.05) is 6.08 Å². The van der Waals surface area contributed by atoms with Crippen LogP contribution in [-0.2, 0) is 14.4 Å². The molecule has 0 spiro atoms. The first-order chi connectivity index (χ1) is 20.9. The van der Waals surface area contributed by atoms with Crippen molar-refractivity contribution in [1.82, 2.24) is 10.0 Å². The number of hydrazone groups is 1. The number of anilines is 1. The van der Waals surface area contributed by atoms with E-state index in [4.69, 9.17) is 5.10 Å². The molecule has 0 aromatic heterocycles. The summed E-state index contributed by atoms with van der Waals surface area (Å²) in [6.45, 7) is -0.329. The van der Waals surface area contributed by atoms with Gasteiger partial charge in [0.25, 0.3) is 17.7 Å². The van der Waals surface area contributed by atoms with Crippen LogP contribution in [0.3, 0.4) is 0 Å². The molecule has 0 N–H and O–H groups in total. The highest BCUT2D eigenvalue weighted by Crippen LogP contribution is 2.45. The largest absolute Gasteiger partial charge is 0.271 e. The molecular weight excluding hydrogens is 554 g/mol. The Morgan fingerprint density at radius 2 is 1.58 bits per heavy atom. The molecule has 11 heteroatoms. The van der Waals surface area contributed by atoms with Crippen LogP contribution in [0.25, 0.3) is 6.08 Å². The van der Waals surface area contributed by atoms with Crippen molar-refractivity contribution in [2.24, 2.45) is 21.4 Å². The normalized spacial score (nSPS) is 25.4. The Balaban J connectivity index is 1.19. The summed E-state index contributed by atoms with van der Waals surface area (Å²) >= 11 is 0. The van der Waals surface area contributed by atoms with Crippen molar-refractivity contribution in [3.8, 4) is 0 Å². The van der Waals surface area contributed by atoms with E-state index >= 15 is 0 Å². The zero-order valence-electron chi connectivity index (χ0n) is 22.9. The third-order valence-electron chi connectivity index (χ3n) is 8.35. The van der Waals surface area contributed by atoms with Crippen LogP contribution >= 0.6 is 0 Å². The Hall–Kier alpha value is -5.06. The number of para-hydroxylation sites is 1. The van der Waals surface area contributed by atoms with Crippen LogP contribution in [0, 0.1) is 17.6 Å². The summed E-state index contributed by atoms with van der Waals surface area (Å²) in [5.41, 5.74) is 3.67. The predicted octanol–water partition coefficient (Wildman–Crippen LogP) is 5.08. The van der Waals surface area contributed by atoms with E-state index in [0.717, 1.165) is 46.6 Å². The second-order valence-corrected chi connectivity index (χ2v) is 11.0. The lowest BCUT2D eigenvalue weighted by atomic mass is 9.77. The van der Waals surface area contributed by atoms with Crippen molar-refractivity contribution < 1.29 is 23.2 Å². The van der Waals surface area contributed by atoms with Gasteiger partial charge in [-0.15, -0.1) is 0 Å². The summed E-state index contributed by atoms with van der Waals surface area (Å²) in [6.07, 6.45) is 4.31. The average Bonchev–Trinajstić information content (AvgIpc) is 3.68. The van der Waals surface area contributed by atoms with Crippen LogP contribution in [0.4, 0.5) is 14.5 Å². The zero-order valence-corrected chi connectivity index (χ0v) is 22.9. The first kappa shape index (κ1) is 26.8. The third-order valence-corrected chi connectivity index (χ3v) is 8.35. The summed E-state index contributed by atoms with van der Waals surface area (Å²) in [5.74, 6) is -2.29. The number of carbonyl (C=O) groups is 3. The lowest BCUT2D eigenvalue weighted by Gasteiger charge is -2.30. The monoisotopic (exact) mass is 580 g/mol. The van der Waals surface area contributed by atoms with Crippen LogP contribution < -0.4 is 4.90 Å². The minimum Gasteiger partial charge on any atom is -0.271 e. The Kier molecular flexibility index (Phi) is 6.64. The molecule has 3 heterocycles. The van der Waals surface area contributed by atoms with Gasteiger partial charge in [-0.05, 0) is 78.4 Å². The molecule has 7 rings (SSSR count). The SMILES string of the molecule is O=C1[C@@H]2N=NN(CC(=O)N3N=C4/C(=C/c5ccc(F)cc5)CCC[C@@H]4[C@@H]3c3ccc(F)cc3)[C@H]2C(=O)N1c1ccccc1. The number of hydrogen-bond donors (Lipinski definition) is 0. The molecule has 0 unspecified atom stereocenters. The average molecular weight is 581 g/mol. The van der Waals surface area contributed by atoms with Gasteiger partial charge in [0.05, 0.1) is 17.4 Å². The fourth-order valence-electron chi connectivity index (χ4n) is 6.36. The van der Waals surface area contributed by atoms with Gasteiger partial charge < -0.3 is 0 Å². The van der Waals surface area contributed by atoms with Crippen LogP contribution in [0.2, 0.25) is 0 Å². The maximum atomic E-state index is 14.0. The minimum atomic E-state index is -1.04. The van der Waals surface area contributed by atoms with Crippen LogP contribution in [-0.4, -0.2) is 52.1 Å². The van der Waals surface area contributed by atoms with E-state index in [2.05, 4.69) is 10.3 Å². The van der Waals surface area contributed by atoms with Crippen molar-refractivity contribution in [3.63, 3.8) is 0 Å². The summed E-state index contributed by atoms with van der Waals surface area (Å²) in [4.78, 5) is 41.5. The number of fused-ring (bicyclic) bond motifs is 2. The number of nitrogens with zero attached hydrogens (tertiary/aromatic N) is 6. The molecule has 3 aliphatic heterocycles. The molecule has 2 fully saturated rings. The molecule has 3 aromatic rings. The van der Waals surface area contributed by atoms with E-state index in [1.54, 1.807) is 54.6 Å². The second kappa shape index (κ2) is 10.6. The highest BCUT2D eigenvalue weighted by molar-refractivity contribution is 6.25. The number of rotatable bonds is 5. The van der Waals surface area contributed by atoms with Crippen molar-refractivity contribution >= 4 is 35.2 Å². The molecule has 4 aliphatic rings. The van der Waals surface area contributed by atoms with Gasteiger partial charge in [0.15, 0.2) is 12.1 Å². The molecule has 9 nitrogen and oxygen atoms in total. The van der Waals surface area contributed by atoms with E-state index in [1.165, 1.54) is 34.3 Å². The van der Waals surface area contributed by atoms with Gasteiger partial charge in [0.2, 0.25) is 0 Å². The summed E-state index contributed by atoms with van der Waals surface area (Å²) in [5, 5.41) is 15.6. The number of hydrogen-bond acceptors (Lipinski definition) is 7. The Morgan fingerprint density at radius 1 is 0.884 bits per heavy atom.